The first-order valence-electron chi connectivity index (χ1n) is 5.99. The van der Waals surface area contributed by atoms with Crippen LogP contribution in [0.2, 0.25) is 0 Å². The third kappa shape index (κ3) is 2.30. The van der Waals surface area contributed by atoms with E-state index in [9.17, 15) is 0 Å². The third-order valence-corrected chi connectivity index (χ3v) is 3.19. The fraction of sp³-hybridized carbons (Fsp3) is 0.538. The van der Waals surface area contributed by atoms with Crippen LogP contribution in [0.5, 0.6) is 0 Å². The minimum Gasteiger partial charge on any atom is -0.371 e. The zero-order valence-electron chi connectivity index (χ0n) is 10.2. The van der Waals surface area contributed by atoms with Crippen LogP contribution < -0.4 is 15.5 Å². The molecule has 0 fully saturated rings. The average Bonchev–Trinajstić information content (AvgIpc) is 2.28. The monoisotopic (exact) mass is 219 g/mol. The summed E-state index contributed by atoms with van der Waals surface area (Å²) in [5.41, 5.74) is 8.50. The topological polar surface area (TPSA) is 32.5 Å². The maximum Gasteiger partial charge on any atom is 0.0604 e. The van der Waals surface area contributed by atoms with E-state index in [1.807, 2.05) is 0 Å². The zero-order chi connectivity index (χ0) is 11.5. The van der Waals surface area contributed by atoms with E-state index >= 15 is 0 Å². The molecule has 0 aromatic heterocycles. The van der Waals surface area contributed by atoms with Gasteiger partial charge in [0.1, 0.15) is 0 Å². The van der Waals surface area contributed by atoms with E-state index in [2.05, 4.69) is 48.0 Å². The molecule has 1 aliphatic rings. The van der Waals surface area contributed by atoms with Crippen LogP contribution in [0.15, 0.2) is 24.3 Å². The van der Waals surface area contributed by atoms with E-state index in [1.54, 1.807) is 0 Å². The summed E-state index contributed by atoms with van der Waals surface area (Å²) in [6.07, 6.45) is 1.05. The van der Waals surface area contributed by atoms with Gasteiger partial charge in [-0.25, -0.2) is 0 Å². The number of benzene rings is 1. The van der Waals surface area contributed by atoms with Gasteiger partial charge in [-0.3, -0.25) is 0 Å². The van der Waals surface area contributed by atoms with Crippen molar-refractivity contribution in [2.75, 3.05) is 36.5 Å². The average molecular weight is 219 g/mol. The molecule has 1 aromatic rings. The first-order chi connectivity index (χ1) is 7.68. The molecule has 88 valence electrons. The lowest BCUT2D eigenvalue weighted by Crippen LogP contribution is -2.40. The van der Waals surface area contributed by atoms with Gasteiger partial charge < -0.3 is 15.5 Å². The zero-order valence-corrected chi connectivity index (χ0v) is 10.2. The van der Waals surface area contributed by atoms with Crippen molar-refractivity contribution in [3.8, 4) is 0 Å². The molecule has 2 rings (SSSR count). The molecule has 1 unspecified atom stereocenters. The Hall–Kier alpha value is -1.22. The summed E-state index contributed by atoms with van der Waals surface area (Å²) in [5, 5.41) is 0. The number of hydrogen-bond acceptors (Lipinski definition) is 3. The van der Waals surface area contributed by atoms with Crippen molar-refractivity contribution in [2.45, 2.75) is 19.4 Å². The predicted octanol–water partition coefficient (Wildman–Crippen LogP) is 1.68. The molecule has 0 bridgehead atoms. The minimum atomic E-state index is 0.284. The van der Waals surface area contributed by atoms with Gasteiger partial charge in [-0.2, -0.15) is 0 Å². The molecule has 0 aliphatic carbocycles. The van der Waals surface area contributed by atoms with Crippen LogP contribution in [0.25, 0.3) is 0 Å². The Morgan fingerprint density at radius 1 is 1.25 bits per heavy atom. The maximum absolute atomic E-state index is 5.82. The van der Waals surface area contributed by atoms with Crippen LogP contribution in [-0.2, 0) is 0 Å². The van der Waals surface area contributed by atoms with Crippen LogP contribution in [0, 0.1) is 0 Å². The van der Waals surface area contributed by atoms with Gasteiger partial charge in [0.15, 0.2) is 0 Å². The van der Waals surface area contributed by atoms with Gasteiger partial charge in [0, 0.05) is 32.7 Å². The lowest BCUT2D eigenvalue weighted by atomic mass is 10.1. The number of para-hydroxylation sites is 2. The molecule has 16 heavy (non-hydrogen) atoms. The van der Waals surface area contributed by atoms with Gasteiger partial charge in [0.2, 0.25) is 0 Å². The van der Waals surface area contributed by atoms with E-state index in [0.717, 1.165) is 26.1 Å². The Kier molecular flexibility index (Phi) is 3.34. The normalized spacial score (nSPS) is 17.2. The van der Waals surface area contributed by atoms with Crippen LogP contribution in [0.3, 0.4) is 0 Å². The fourth-order valence-electron chi connectivity index (χ4n) is 2.16. The first-order valence-corrected chi connectivity index (χ1v) is 5.99. The number of nitrogens with zero attached hydrogens (tertiary/aromatic N) is 2. The highest BCUT2D eigenvalue weighted by Gasteiger charge is 2.19. The van der Waals surface area contributed by atoms with Crippen LogP contribution in [0.1, 0.15) is 13.3 Å². The highest BCUT2D eigenvalue weighted by atomic mass is 15.2. The van der Waals surface area contributed by atoms with E-state index in [4.69, 9.17) is 5.73 Å². The summed E-state index contributed by atoms with van der Waals surface area (Å²) >= 11 is 0. The fourth-order valence-corrected chi connectivity index (χ4v) is 2.16. The SMILES string of the molecule is CC(N)CCN1CCN(C)c2ccccc21. The summed E-state index contributed by atoms with van der Waals surface area (Å²) in [6, 6.07) is 8.88. The molecule has 1 heterocycles. The van der Waals surface area contributed by atoms with Crippen molar-refractivity contribution in [1.29, 1.82) is 0 Å². The molecule has 0 saturated heterocycles. The van der Waals surface area contributed by atoms with E-state index in [-0.39, 0.29) is 6.04 Å². The molecule has 0 spiro atoms. The molecule has 1 aromatic carbocycles. The Morgan fingerprint density at radius 2 is 1.94 bits per heavy atom. The molecule has 0 amide bonds. The molecule has 0 radical (unpaired) electrons. The summed E-state index contributed by atoms with van der Waals surface area (Å²) in [4.78, 5) is 4.76. The Bertz CT molecular complexity index is 349. The summed E-state index contributed by atoms with van der Waals surface area (Å²) in [5.74, 6) is 0. The smallest absolute Gasteiger partial charge is 0.0604 e. The van der Waals surface area contributed by atoms with Crippen molar-refractivity contribution >= 4 is 11.4 Å². The van der Waals surface area contributed by atoms with Gasteiger partial charge in [-0.1, -0.05) is 12.1 Å². The Morgan fingerprint density at radius 3 is 2.62 bits per heavy atom. The maximum atomic E-state index is 5.82. The summed E-state index contributed by atoms with van der Waals surface area (Å²) < 4.78 is 0. The van der Waals surface area contributed by atoms with Gasteiger partial charge in [-0.15, -0.1) is 0 Å². The van der Waals surface area contributed by atoms with Gasteiger partial charge in [0.05, 0.1) is 11.4 Å². The molecule has 3 nitrogen and oxygen atoms in total. The Labute approximate surface area is 97.8 Å². The van der Waals surface area contributed by atoms with E-state index in [0.29, 0.717) is 0 Å². The van der Waals surface area contributed by atoms with Crippen molar-refractivity contribution < 1.29 is 0 Å². The summed E-state index contributed by atoms with van der Waals surface area (Å²) in [7, 11) is 2.15. The second kappa shape index (κ2) is 4.74. The number of fused-ring (bicyclic) bond motifs is 1. The molecule has 0 saturated carbocycles. The predicted molar refractivity (Wildman–Crippen MR) is 70.2 cm³/mol. The number of rotatable bonds is 3. The van der Waals surface area contributed by atoms with Crippen molar-refractivity contribution in [1.82, 2.24) is 0 Å². The summed E-state index contributed by atoms with van der Waals surface area (Å²) in [6.45, 7) is 5.32. The standard InChI is InChI=1S/C13H21N3/c1-11(14)7-8-16-10-9-15(2)12-5-3-4-6-13(12)16/h3-6,11H,7-10,14H2,1-2H3. The molecule has 1 aliphatic heterocycles. The molecule has 3 heteroatoms. The lowest BCUT2D eigenvalue weighted by Gasteiger charge is -2.37. The number of hydrogen-bond donors (Lipinski definition) is 1. The first kappa shape index (κ1) is 11.3. The van der Waals surface area contributed by atoms with Crippen molar-refractivity contribution in [2.24, 2.45) is 5.73 Å². The van der Waals surface area contributed by atoms with E-state index < -0.39 is 0 Å². The molecular formula is C13H21N3. The van der Waals surface area contributed by atoms with Crippen LogP contribution in [-0.4, -0.2) is 32.7 Å². The third-order valence-electron chi connectivity index (χ3n) is 3.19. The van der Waals surface area contributed by atoms with Gasteiger partial charge >= 0.3 is 0 Å². The lowest BCUT2D eigenvalue weighted by molar-refractivity contribution is 0.627. The van der Waals surface area contributed by atoms with Crippen molar-refractivity contribution in [3.63, 3.8) is 0 Å². The highest BCUT2D eigenvalue weighted by molar-refractivity contribution is 5.72. The minimum absolute atomic E-state index is 0.284. The largest absolute Gasteiger partial charge is 0.371 e. The quantitative estimate of drug-likeness (QED) is 0.839. The van der Waals surface area contributed by atoms with Gasteiger partial charge in [0.25, 0.3) is 0 Å². The molecular weight excluding hydrogens is 198 g/mol. The van der Waals surface area contributed by atoms with Crippen LogP contribution >= 0.6 is 0 Å². The number of nitrogens with two attached hydrogens (primary N) is 1. The molecule has 1 atom stereocenters. The van der Waals surface area contributed by atoms with E-state index in [1.165, 1.54) is 11.4 Å². The second-order valence-corrected chi connectivity index (χ2v) is 4.66. The van der Waals surface area contributed by atoms with Crippen LogP contribution in [0.4, 0.5) is 11.4 Å². The second-order valence-electron chi connectivity index (χ2n) is 4.66. The van der Waals surface area contributed by atoms with Gasteiger partial charge in [-0.05, 0) is 25.5 Å². The van der Waals surface area contributed by atoms with Crippen molar-refractivity contribution in [3.05, 3.63) is 24.3 Å². The number of anilines is 2. The Balaban J connectivity index is 2.15. The number of likely N-dealkylation sites (N-methyl/N-ethyl adjacent to an activating group) is 1. The highest BCUT2D eigenvalue weighted by Crippen LogP contribution is 2.31. The molecule has 2 N–H and O–H groups in total.